The third kappa shape index (κ3) is 3.75. The van der Waals surface area contributed by atoms with Crippen LogP contribution in [0.2, 0.25) is 5.02 Å². The molecule has 1 aliphatic heterocycles. The van der Waals surface area contributed by atoms with Crippen LogP contribution in [-0.4, -0.2) is 49.1 Å². The van der Waals surface area contributed by atoms with E-state index in [9.17, 15) is 9.59 Å². The molecule has 1 unspecified atom stereocenters. The summed E-state index contributed by atoms with van der Waals surface area (Å²) in [5, 5.41) is 3.56. The van der Waals surface area contributed by atoms with Gasteiger partial charge >= 0.3 is 5.97 Å². The quantitative estimate of drug-likeness (QED) is 0.822. The number of benzene rings is 1. The first kappa shape index (κ1) is 16.3. The lowest BCUT2D eigenvalue weighted by Crippen LogP contribution is -2.57. The number of piperazine rings is 1. The topological polar surface area (TPSA) is 58.6 Å². The number of nitrogens with zero attached hydrogens (tertiary/aromatic N) is 1. The molecule has 0 spiro atoms. The molecule has 1 amide bonds. The van der Waals surface area contributed by atoms with E-state index in [4.69, 9.17) is 16.3 Å². The van der Waals surface area contributed by atoms with Gasteiger partial charge in [0.05, 0.1) is 11.6 Å². The molecule has 0 aromatic heterocycles. The smallest absolute Gasteiger partial charge is 0.330 e. The normalized spacial score (nSPS) is 18.4. The van der Waals surface area contributed by atoms with Gasteiger partial charge in [0.2, 0.25) is 0 Å². The molecule has 1 aliphatic rings. The van der Waals surface area contributed by atoms with E-state index in [0.29, 0.717) is 36.8 Å². The second kappa shape index (κ2) is 7.24. The van der Waals surface area contributed by atoms with Crippen molar-refractivity contribution < 1.29 is 14.3 Å². The summed E-state index contributed by atoms with van der Waals surface area (Å²) in [5.41, 5.74) is 0.458. The first-order valence-corrected chi connectivity index (χ1v) is 7.85. The van der Waals surface area contributed by atoms with Gasteiger partial charge in [0.25, 0.3) is 5.91 Å². The van der Waals surface area contributed by atoms with Crippen LogP contribution in [0.5, 0.6) is 0 Å². The van der Waals surface area contributed by atoms with Crippen molar-refractivity contribution in [2.45, 2.75) is 13.0 Å². The lowest BCUT2D eigenvalue weighted by molar-refractivity contribution is -0.149. The molecule has 1 atom stereocenters. The van der Waals surface area contributed by atoms with E-state index in [1.54, 1.807) is 25.1 Å². The van der Waals surface area contributed by atoms with Crippen LogP contribution in [-0.2, 0) is 9.53 Å². The van der Waals surface area contributed by atoms with Crippen molar-refractivity contribution in [3.05, 3.63) is 33.3 Å². The third-order valence-corrected chi connectivity index (χ3v) is 4.46. The zero-order valence-electron chi connectivity index (χ0n) is 11.6. The Bertz CT molecular complexity index is 553. The van der Waals surface area contributed by atoms with Crippen LogP contribution < -0.4 is 5.32 Å². The van der Waals surface area contributed by atoms with Crippen molar-refractivity contribution in [2.75, 3.05) is 26.2 Å². The first-order valence-electron chi connectivity index (χ1n) is 6.68. The Morgan fingerprint density at radius 1 is 1.52 bits per heavy atom. The number of ether oxygens (including phenoxy) is 1. The van der Waals surface area contributed by atoms with Gasteiger partial charge in [-0.15, -0.1) is 0 Å². The maximum atomic E-state index is 12.6. The molecule has 1 aromatic rings. The predicted octanol–water partition coefficient (Wildman–Crippen LogP) is 2.08. The van der Waals surface area contributed by atoms with Crippen LogP contribution in [0.1, 0.15) is 17.3 Å². The number of nitrogens with one attached hydrogen (secondary N) is 1. The van der Waals surface area contributed by atoms with Crippen LogP contribution in [0.25, 0.3) is 0 Å². The highest BCUT2D eigenvalue weighted by Gasteiger charge is 2.33. The molecule has 0 bridgehead atoms. The fourth-order valence-corrected chi connectivity index (χ4v) is 2.62. The van der Waals surface area contributed by atoms with Gasteiger partial charge in [-0.3, -0.25) is 4.79 Å². The Hall–Kier alpha value is -1.11. The average molecular weight is 376 g/mol. The molecule has 7 heteroatoms. The van der Waals surface area contributed by atoms with Gasteiger partial charge in [-0.1, -0.05) is 11.6 Å². The van der Waals surface area contributed by atoms with Gasteiger partial charge in [0.15, 0.2) is 0 Å². The number of rotatable bonds is 3. The Morgan fingerprint density at radius 2 is 2.29 bits per heavy atom. The van der Waals surface area contributed by atoms with Crippen LogP contribution in [0.3, 0.4) is 0 Å². The zero-order valence-corrected chi connectivity index (χ0v) is 13.9. The van der Waals surface area contributed by atoms with Gasteiger partial charge < -0.3 is 15.0 Å². The van der Waals surface area contributed by atoms with Crippen molar-refractivity contribution >= 4 is 39.4 Å². The highest BCUT2D eigenvalue weighted by Crippen LogP contribution is 2.24. The maximum Gasteiger partial charge on any atom is 0.330 e. The molecule has 21 heavy (non-hydrogen) atoms. The Balaban J connectivity index is 2.21. The number of halogens is 2. The summed E-state index contributed by atoms with van der Waals surface area (Å²) in [5.74, 6) is -0.606. The van der Waals surface area contributed by atoms with E-state index in [1.165, 1.54) is 4.90 Å². The fraction of sp³-hybridized carbons (Fsp3) is 0.429. The number of hydrogen-bond donors (Lipinski definition) is 1. The molecule has 0 saturated carbocycles. The van der Waals surface area contributed by atoms with Crippen molar-refractivity contribution in [1.82, 2.24) is 10.2 Å². The highest BCUT2D eigenvalue weighted by atomic mass is 79.9. The summed E-state index contributed by atoms with van der Waals surface area (Å²) in [4.78, 5) is 26.1. The van der Waals surface area contributed by atoms with E-state index >= 15 is 0 Å². The molecule has 1 fully saturated rings. The molecule has 5 nitrogen and oxygen atoms in total. The Morgan fingerprint density at radius 3 is 2.95 bits per heavy atom. The van der Waals surface area contributed by atoms with Crippen LogP contribution in [0.4, 0.5) is 0 Å². The van der Waals surface area contributed by atoms with Crippen molar-refractivity contribution in [3.8, 4) is 0 Å². The van der Waals surface area contributed by atoms with Gasteiger partial charge in [-0.2, -0.15) is 0 Å². The minimum Gasteiger partial charge on any atom is -0.464 e. The van der Waals surface area contributed by atoms with Crippen LogP contribution in [0, 0.1) is 0 Å². The van der Waals surface area contributed by atoms with Crippen molar-refractivity contribution in [2.24, 2.45) is 0 Å². The Kier molecular flexibility index (Phi) is 5.61. The second-order valence-corrected chi connectivity index (χ2v) is 5.86. The number of carbonyl (C=O) groups excluding carboxylic acids is 2. The van der Waals surface area contributed by atoms with Crippen molar-refractivity contribution in [3.63, 3.8) is 0 Å². The number of amides is 1. The van der Waals surface area contributed by atoms with Crippen LogP contribution in [0.15, 0.2) is 22.7 Å². The largest absolute Gasteiger partial charge is 0.464 e. The Labute approximate surface area is 136 Å². The second-order valence-electron chi connectivity index (χ2n) is 4.60. The molecule has 1 heterocycles. The van der Waals surface area contributed by atoms with E-state index in [1.807, 2.05) is 0 Å². The molecule has 114 valence electrons. The summed E-state index contributed by atoms with van der Waals surface area (Å²) in [6.45, 7) is 3.53. The van der Waals surface area contributed by atoms with E-state index in [0.717, 1.165) is 4.47 Å². The minimum atomic E-state index is -0.603. The maximum absolute atomic E-state index is 12.6. The summed E-state index contributed by atoms with van der Waals surface area (Å²) in [6.07, 6.45) is 0. The summed E-state index contributed by atoms with van der Waals surface area (Å²) < 4.78 is 5.76. The third-order valence-electron chi connectivity index (χ3n) is 3.23. The first-order chi connectivity index (χ1) is 10.0. The van der Waals surface area contributed by atoms with Gasteiger partial charge in [-0.05, 0) is 41.1 Å². The summed E-state index contributed by atoms with van der Waals surface area (Å²) in [7, 11) is 0. The van der Waals surface area contributed by atoms with Crippen LogP contribution >= 0.6 is 27.5 Å². The van der Waals surface area contributed by atoms with Gasteiger partial charge in [-0.25, -0.2) is 4.79 Å². The monoisotopic (exact) mass is 374 g/mol. The molecule has 0 radical (unpaired) electrons. The van der Waals surface area contributed by atoms with E-state index in [-0.39, 0.29) is 11.9 Å². The zero-order chi connectivity index (χ0) is 15.4. The molecule has 2 rings (SSSR count). The predicted molar refractivity (Wildman–Crippen MR) is 83.5 cm³/mol. The SMILES string of the molecule is CCOC(=O)C1CNCCN1C(=O)c1ccc(Br)c(Cl)c1. The molecular weight excluding hydrogens is 360 g/mol. The molecular formula is C14H16BrClN2O3. The average Bonchev–Trinajstić information content (AvgIpc) is 2.49. The van der Waals surface area contributed by atoms with Gasteiger partial charge in [0, 0.05) is 29.7 Å². The fourth-order valence-electron chi connectivity index (χ4n) is 2.19. The molecule has 1 saturated heterocycles. The lowest BCUT2D eigenvalue weighted by Gasteiger charge is -2.34. The lowest BCUT2D eigenvalue weighted by atomic mass is 10.1. The summed E-state index contributed by atoms with van der Waals surface area (Å²) in [6, 6.07) is 4.39. The number of hydrogen-bond acceptors (Lipinski definition) is 4. The summed E-state index contributed by atoms with van der Waals surface area (Å²) >= 11 is 9.31. The molecule has 1 aromatic carbocycles. The van der Waals surface area contributed by atoms with Crippen molar-refractivity contribution in [1.29, 1.82) is 0 Å². The van der Waals surface area contributed by atoms with E-state index in [2.05, 4.69) is 21.2 Å². The number of esters is 1. The highest BCUT2D eigenvalue weighted by molar-refractivity contribution is 9.10. The minimum absolute atomic E-state index is 0.219. The standard InChI is InChI=1S/C14H16BrClN2O3/c1-2-21-14(20)12-8-17-5-6-18(12)13(19)9-3-4-10(15)11(16)7-9/h3-4,7,12,17H,2,5-6,8H2,1H3. The molecule has 1 N–H and O–H groups in total. The van der Waals surface area contributed by atoms with E-state index < -0.39 is 6.04 Å². The number of carbonyl (C=O) groups is 2. The molecule has 0 aliphatic carbocycles. The van der Waals surface area contributed by atoms with Gasteiger partial charge in [0.1, 0.15) is 6.04 Å².